The van der Waals surface area contributed by atoms with Gasteiger partial charge in [-0.2, -0.15) is 5.26 Å². The quantitative estimate of drug-likeness (QED) is 0.798. The molecule has 26 heavy (non-hydrogen) atoms. The van der Waals surface area contributed by atoms with Crippen LogP contribution in [0.3, 0.4) is 0 Å². The van der Waals surface area contributed by atoms with Crippen molar-refractivity contribution in [3.05, 3.63) is 57.0 Å². The molecular weight excluding hydrogens is 392 g/mol. The number of benzene rings is 1. The van der Waals surface area contributed by atoms with Gasteiger partial charge in [0.15, 0.2) is 5.78 Å². The first-order chi connectivity index (χ1) is 12.2. The molecule has 0 amide bonds. The molecule has 0 fully saturated rings. The highest BCUT2D eigenvalue weighted by molar-refractivity contribution is 9.10. The van der Waals surface area contributed by atoms with E-state index >= 15 is 0 Å². The van der Waals surface area contributed by atoms with E-state index in [1.54, 1.807) is 0 Å². The number of nitriles is 1. The zero-order valence-corrected chi connectivity index (χ0v) is 17.1. The molecule has 1 aromatic rings. The Morgan fingerprint density at radius 2 is 1.96 bits per heavy atom. The Kier molecular flexibility index (Phi) is 4.72. The van der Waals surface area contributed by atoms with Crippen LogP contribution in [0.1, 0.15) is 38.2 Å². The zero-order valence-electron chi connectivity index (χ0n) is 15.5. The second kappa shape index (κ2) is 6.57. The van der Waals surface area contributed by atoms with Crippen molar-refractivity contribution >= 4 is 21.7 Å². The van der Waals surface area contributed by atoms with Crippen LogP contribution < -0.4 is 5.73 Å². The molecule has 2 aliphatic rings. The van der Waals surface area contributed by atoms with E-state index in [4.69, 9.17) is 5.73 Å². The molecule has 0 spiro atoms. The molecule has 0 radical (unpaired) electrons. The number of carbonyl (C=O) groups is 1. The predicted octanol–water partition coefficient (Wildman–Crippen LogP) is 3.66. The minimum absolute atomic E-state index is 0.0871. The number of halogens is 1. The molecule has 0 saturated carbocycles. The lowest BCUT2D eigenvalue weighted by atomic mass is 9.69. The summed E-state index contributed by atoms with van der Waals surface area (Å²) in [5.41, 5.74) is 9.18. The first-order valence-corrected chi connectivity index (χ1v) is 9.35. The number of allylic oxidation sites excluding steroid dienone is 3. The van der Waals surface area contributed by atoms with Crippen molar-refractivity contribution in [1.29, 1.82) is 5.26 Å². The number of ketones is 1. The molecule has 1 aromatic carbocycles. The van der Waals surface area contributed by atoms with Crippen LogP contribution in [0.25, 0.3) is 0 Å². The van der Waals surface area contributed by atoms with Gasteiger partial charge >= 0.3 is 0 Å². The summed E-state index contributed by atoms with van der Waals surface area (Å²) in [6.07, 6.45) is 1.19. The van der Waals surface area contributed by atoms with Crippen LogP contribution in [0.4, 0.5) is 0 Å². The van der Waals surface area contributed by atoms with Gasteiger partial charge in [0.2, 0.25) is 0 Å². The van der Waals surface area contributed by atoms with E-state index in [2.05, 4.69) is 35.8 Å². The second-order valence-electron chi connectivity index (χ2n) is 7.83. The van der Waals surface area contributed by atoms with Crippen LogP contribution >= 0.6 is 15.9 Å². The van der Waals surface area contributed by atoms with E-state index < -0.39 is 5.92 Å². The Balaban J connectivity index is 2.32. The van der Waals surface area contributed by atoms with Gasteiger partial charge in [-0.25, -0.2) is 5.01 Å². The topological polar surface area (TPSA) is 73.4 Å². The third-order valence-corrected chi connectivity index (χ3v) is 5.69. The fourth-order valence-corrected chi connectivity index (χ4v) is 4.48. The summed E-state index contributed by atoms with van der Waals surface area (Å²) in [5.74, 6) is 0.0389. The molecule has 3 rings (SSSR count). The zero-order chi connectivity index (χ0) is 19.2. The van der Waals surface area contributed by atoms with Crippen LogP contribution in [0.5, 0.6) is 0 Å². The number of hydrogen-bond acceptors (Lipinski definition) is 5. The Labute approximate surface area is 162 Å². The van der Waals surface area contributed by atoms with Gasteiger partial charge in [0.05, 0.1) is 17.6 Å². The van der Waals surface area contributed by atoms with E-state index in [-0.39, 0.29) is 11.2 Å². The van der Waals surface area contributed by atoms with Crippen molar-refractivity contribution in [2.24, 2.45) is 11.1 Å². The highest BCUT2D eigenvalue weighted by Gasteiger charge is 2.45. The normalized spacial score (nSPS) is 22.6. The van der Waals surface area contributed by atoms with Gasteiger partial charge in [0.25, 0.3) is 0 Å². The molecule has 0 bridgehead atoms. The Morgan fingerprint density at radius 1 is 1.31 bits per heavy atom. The predicted molar refractivity (Wildman–Crippen MR) is 104 cm³/mol. The number of nitrogens with zero attached hydrogens (tertiary/aromatic N) is 3. The lowest BCUT2D eigenvalue weighted by Gasteiger charge is -2.45. The van der Waals surface area contributed by atoms with Crippen molar-refractivity contribution in [2.75, 3.05) is 14.1 Å². The molecule has 136 valence electrons. The number of hydrogen-bond donors (Lipinski definition) is 1. The molecule has 6 heteroatoms. The molecule has 1 aliphatic carbocycles. The van der Waals surface area contributed by atoms with Crippen molar-refractivity contribution in [3.8, 4) is 6.07 Å². The molecule has 5 nitrogen and oxygen atoms in total. The standard InChI is InChI=1S/C20H23BrN4O/c1-20(2)9-15-18(16(26)10-20)17(12-7-5-6-8-14(12)21)13(11-22)19(23)25(15)24(3)4/h5-8,17H,9-10,23H2,1-4H3. The lowest BCUT2D eigenvalue weighted by Crippen LogP contribution is -2.47. The first-order valence-electron chi connectivity index (χ1n) is 8.55. The number of Topliss-reactive ketones (excluding diaryl/α,β-unsaturated/α-hetero) is 1. The lowest BCUT2D eigenvalue weighted by molar-refractivity contribution is -0.119. The summed E-state index contributed by atoms with van der Waals surface area (Å²) >= 11 is 3.58. The van der Waals surface area contributed by atoms with Crippen LogP contribution in [-0.2, 0) is 4.79 Å². The van der Waals surface area contributed by atoms with Crippen LogP contribution in [0.15, 0.2) is 51.4 Å². The Hall–Kier alpha value is -2.10. The maximum absolute atomic E-state index is 13.2. The van der Waals surface area contributed by atoms with Crippen LogP contribution in [0, 0.1) is 16.7 Å². The van der Waals surface area contributed by atoms with Gasteiger partial charge in [0.1, 0.15) is 5.82 Å². The largest absolute Gasteiger partial charge is 0.383 e. The molecule has 1 atom stereocenters. The molecule has 1 unspecified atom stereocenters. The minimum Gasteiger partial charge on any atom is -0.383 e. The monoisotopic (exact) mass is 414 g/mol. The summed E-state index contributed by atoms with van der Waals surface area (Å²) in [6.45, 7) is 4.19. The molecule has 0 aromatic heterocycles. The Bertz CT molecular complexity index is 876. The maximum Gasteiger partial charge on any atom is 0.162 e. The smallest absolute Gasteiger partial charge is 0.162 e. The fraction of sp³-hybridized carbons (Fsp3) is 0.400. The van der Waals surface area contributed by atoms with Gasteiger partial charge in [-0.1, -0.05) is 48.0 Å². The van der Waals surface area contributed by atoms with Crippen LogP contribution in [-0.4, -0.2) is 29.9 Å². The van der Waals surface area contributed by atoms with E-state index in [1.165, 1.54) is 0 Å². The highest BCUT2D eigenvalue weighted by Crippen LogP contribution is 2.50. The maximum atomic E-state index is 13.2. The summed E-state index contributed by atoms with van der Waals surface area (Å²) in [7, 11) is 3.74. The summed E-state index contributed by atoms with van der Waals surface area (Å²) in [6, 6.07) is 9.98. The van der Waals surface area contributed by atoms with Crippen molar-refractivity contribution in [2.45, 2.75) is 32.6 Å². The SMILES string of the molecule is CN(C)N1C(N)=C(C#N)C(c2ccccc2Br)C2=C1CC(C)(C)CC2=O. The summed E-state index contributed by atoms with van der Waals surface area (Å²) < 4.78 is 0.869. The number of rotatable bonds is 2. The first kappa shape index (κ1) is 18.7. The van der Waals surface area contributed by atoms with Crippen molar-refractivity contribution in [1.82, 2.24) is 10.0 Å². The van der Waals surface area contributed by atoms with Crippen LogP contribution in [0.2, 0.25) is 0 Å². The van der Waals surface area contributed by atoms with E-state index in [1.807, 2.05) is 48.4 Å². The van der Waals surface area contributed by atoms with Gasteiger partial charge in [-0.3, -0.25) is 9.80 Å². The number of carbonyl (C=O) groups excluding carboxylic acids is 1. The average molecular weight is 415 g/mol. The van der Waals surface area contributed by atoms with Gasteiger partial charge in [-0.05, 0) is 23.5 Å². The van der Waals surface area contributed by atoms with E-state index in [0.29, 0.717) is 23.4 Å². The van der Waals surface area contributed by atoms with Gasteiger partial charge in [-0.15, -0.1) is 0 Å². The number of nitrogens with two attached hydrogens (primary N) is 1. The fourth-order valence-electron chi connectivity index (χ4n) is 3.97. The molecule has 1 aliphatic heterocycles. The molecular formula is C20H23BrN4O. The number of hydrazine groups is 1. The average Bonchev–Trinajstić information content (AvgIpc) is 2.52. The molecule has 2 N–H and O–H groups in total. The van der Waals surface area contributed by atoms with Crippen molar-refractivity contribution in [3.63, 3.8) is 0 Å². The van der Waals surface area contributed by atoms with Gasteiger partial charge in [0, 0.05) is 36.3 Å². The third kappa shape index (κ3) is 2.95. The minimum atomic E-state index is -0.439. The van der Waals surface area contributed by atoms with Gasteiger partial charge < -0.3 is 5.73 Å². The van der Waals surface area contributed by atoms with Crippen molar-refractivity contribution < 1.29 is 4.79 Å². The Morgan fingerprint density at radius 3 is 2.54 bits per heavy atom. The van der Waals surface area contributed by atoms with E-state index in [9.17, 15) is 10.1 Å². The summed E-state index contributed by atoms with van der Waals surface area (Å²) in [4.78, 5) is 13.2. The second-order valence-corrected chi connectivity index (χ2v) is 8.68. The van der Waals surface area contributed by atoms with E-state index in [0.717, 1.165) is 22.2 Å². The molecule has 0 saturated heterocycles. The highest BCUT2D eigenvalue weighted by atomic mass is 79.9. The molecule has 1 heterocycles. The third-order valence-electron chi connectivity index (χ3n) is 4.97. The summed E-state index contributed by atoms with van der Waals surface area (Å²) in [5, 5.41) is 13.5.